The number of carbonyl (C=O) groups is 1. The maximum Gasteiger partial charge on any atom is 0.391 e. The van der Waals surface area contributed by atoms with Crippen LogP contribution in [0.2, 0.25) is 5.02 Å². The Labute approximate surface area is 168 Å². The smallest absolute Gasteiger partial charge is 0.349 e. The molecular weight excluding hydrogens is 417 g/mol. The molecule has 1 amide bonds. The number of amides is 1. The Hall–Kier alpha value is -1.32. The second-order valence-corrected chi connectivity index (χ2v) is 9.12. The predicted molar refractivity (Wildman–Crippen MR) is 101 cm³/mol. The number of sulfonamides is 1. The lowest BCUT2D eigenvalue weighted by atomic mass is 9.85. The lowest BCUT2D eigenvalue weighted by Gasteiger charge is -2.31. The number of benzene rings is 1. The van der Waals surface area contributed by atoms with Gasteiger partial charge in [0, 0.05) is 24.7 Å². The minimum Gasteiger partial charge on any atom is -0.349 e. The van der Waals surface area contributed by atoms with Crippen molar-refractivity contribution < 1.29 is 26.4 Å². The van der Waals surface area contributed by atoms with E-state index in [-0.39, 0.29) is 41.4 Å². The lowest BCUT2D eigenvalue weighted by molar-refractivity contribution is -0.183. The van der Waals surface area contributed by atoms with E-state index in [2.05, 4.69) is 5.32 Å². The molecule has 1 aliphatic carbocycles. The summed E-state index contributed by atoms with van der Waals surface area (Å²) in [6, 6.07) is 3.25. The van der Waals surface area contributed by atoms with Crippen LogP contribution < -0.4 is 5.32 Å². The summed E-state index contributed by atoms with van der Waals surface area (Å²) < 4.78 is 65.5. The Balaban J connectivity index is 2.21. The van der Waals surface area contributed by atoms with Crippen LogP contribution in [-0.4, -0.2) is 43.9 Å². The zero-order valence-electron chi connectivity index (χ0n) is 15.7. The van der Waals surface area contributed by atoms with Crippen molar-refractivity contribution in [2.24, 2.45) is 5.92 Å². The normalized spacial score (nSPS) is 21.0. The van der Waals surface area contributed by atoms with Crippen molar-refractivity contribution in [1.29, 1.82) is 0 Å². The van der Waals surface area contributed by atoms with Gasteiger partial charge in [0.2, 0.25) is 10.0 Å². The first-order valence-electron chi connectivity index (χ1n) is 9.18. The van der Waals surface area contributed by atoms with Crippen molar-refractivity contribution >= 4 is 27.5 Å². The van der Waals surface area contributed by atoms with Crippen LogP contribution in [0.5, 0.6) is 0 Å². The molecule has 1 N–H and O–H groups in total. The molecule has 2 unspecified atom stereocenters. The monoisotopic (exact) mass is 440 g/mol. The highest BCUT2D eigenvalue weighted by Crippen LogP contribution is 2.37. The molecule has 5 nitrogen and oxygen atoms in total. The molecule has 0 radical (unpaired) electrons. The third-order valence-corrected chi connectivity index (χ3v) is 7.52. The topological polar surface area (TPSA) is 66.5 Å². The number of nitrogens with zero attached hydrogens (tertiary/aromatic N) is 1. The summed E-state index contributed by atoms with van der Waals surface area (Å²) in [6.07, 6.45) is -3.57. The molecule has 0 aromatic heterocycles. The first-order valence-corrected chi connectivity index (χ1v) is 11.0. The minimum absolute atomic E-state index is 0.0155. The molecular formula is C18H24ClF3N2O3S. The lowest BCUT2D eigenvalue weighted by Crippen LogP contribution is -2.41. The molecule has 2 rings (SSSR count). The van der Waals surface area contributed by atoms with E-state index in [0.29, 0.717) is 12.8 Å². The van der Waals surface area contributed by atoms with Crippen LogP contribution in [0, 0.1) is 5.92 Å². The second-order valence-electron chi connectivity index (χ2n) is 6.81. The maximum atomic E-state index is 12.9. The minimum atomic E-state index is -4.28. The largest absolute Gasteiger partial charge is 0.391 e. The summed E-state index contributed by atoms with van der Waals surface area (Å²) in [5, 5.41) is 2.59. The number of nitrogens with one attached hydrogen (secondary N) is 1. The Morgan fingerprint density at radius 1 is 1.25 bits per heavy atom. The first kappa shape index (κ1) is 23.0. The summed E-state index contributed by atoms with van der Waals surface area (Å²) in [5.41, 5.74) is 0.0456. The highest BCUT2D eigenvalue weighted by Gasteiger charge is 2.42. The van der Waals surface area contributed by atoms with E-state index in [1.807, 2.05) is 0 Å². The highest BCUT2D eigenvalue weighted by molar-refractivity contribution is 7.89. The van der Waals surface area contributed by atoms with Gasteiger partial charge in [-0.3, -0.25) is 4.79 Å². The zero-order chi connectivity index (χ0) is 21.1. The van der Waals surface area contributed by atoms with E-state index in [4.69, 9.17) is 11.6 Å². The van der Waals surface area contributed by atoms with E-state index in [9.17, 15) is 26.4 Å². The van der Waals surface area contributed by atoms with Crippen LogP contribution in [-0.2, 0) is 10.0 Å². The molecule has 0 aliphatic heterocycles. The zero-order valence-corrected chi connectivity index (χ0v) is 17.3. The Morgan fingerprint density at radius 3 is 2.46 bits per heavy atom. The van der Waals surface area contributed by atoms with Crippen molar-refractivity contribution in [2.45, 2.75) is 56.6 Å². The fraction of sp³-hybridized carbons (Fsp3) is 0.611. The van der Waals surface area contributed by atoms with Crippen molar-refractivity contribution in [3.8, 4) is 0 Å². The quantitative estimate of drug-likeness (QED) is 0.720. The van der Waals surface area contributed by atoms with Crippen molar-refractivity contribution in [1.82, 2.24) is 9.62 Å². The summed E-state index contributed by atoms with van der Waals surface area (Å²) in [6.45, 7) is 3.86. The average molecular weight is 441 g/mol. The van der Waals surface area contributed by atoms with E-state index < -0.39 is 34.1 Å². The third kappa shape index (κ3) is 5.18. The highest BCUT2D eigenvalue weighted by atomic mass is 35.5. The van der Waals surface area contributed by atoms with Gasteiger partial charge in [0.1, 0.15) is 4.90 Å². The molecule has 158 valence electrons. The van der Waals surface area contributed by atoms with Crippen LogP contribution in [0.3, 0.4) is 0 Å². The Kier molecular flexibility index (Phi) is 7.38. The Bertz CT molecular complexity index is 811. The molecule has 1 saturated carbocycles. The van der Waals surface area contributed by atoms with Crippen molar-refractivity contribution in [3.63, 3.8) is 0 Å². The van der Waals surface area contributed by atoms with E-state index in [1.54, 1.807) is 13.8 Å². The van der Waals surface area contributed by atoms with Gasteiger partial charge in [0.05, 0.1) is 10.9 Å². The van der Waals surface area contributed by atoms with Crippen molar-refractivity contribution in [3.05, 3.63) is 28.8 Å². The summed E-state index contributed by atoms with van der Waals surface area (Å²) in [5.74, 6) is -2.05. The number of hydrogen-bond acceptors (Lipinski definition) is 3. The van der Waals surface area contributed by atoms with Crippen LogP contribution in [0.1, 0.15) is 49.9 Å². The number of rotatable bonds is 6. The van der Waals surface area contributed by atoms with Gasteiger partial charge in [-0.15, -0.1) is 0 Å². The van der Waals surface area contributed by atoms with Crippen LogP contribution in [0.15, 0.2) is 23.1 Å². The maximum absolute atomic E-state index is 12.9. The standard InChI is InChI=1S/C18H24ClF3N2O3S/c1-3-24(4-2)28(26,27)16-10-12(8-9-15(16)19)17(25)23-14-7-5-6-13(11-14)18(20,21)22/h8-10,13-14H,3-7,11H2,1-2H3,(H,23,25). The van der Waals surface area contributed by atoms with Gasteiger partial charge in [-0.05, 0) is 37.5 Å². The van der Waals surface area contributed by atoms with Gasteiger partial charge in [-0.25, -0.2) is 8.42 Å². The van der Waals surface area contributed by atoms with Gasteiger partial charge in [0.25, 0.3) is 5.91 Å². The van der Waals surface area contributed by atoms with Gasteiger partial charge in [-0.1, -0.05) is 31.9 Å². The predicted octanol–water partition coefficient (Wildman–Crippen LogP) is 4.22. The molecule has 0 bridgehead atoms. The molecule has 2 atom stereocenters. The first-order chi connectivity index (χ1) is 13.0. The molecule has 0 spiro atoms. The number of hydrogen-bond donors (Lipinski definition) is 1. The summed E-state index contributed by atoms with van der Waals surface area (Å²) in [4.78, 5) is 12.3. The third-order valence-electron chi connectivity index (χ3n) is 4.99. The van der Waals surface area contributed by atoms with Gasteiger partial charge in [-0.2, -0.15) is 17.5 Å². The van der Waals surface area contributed by atoms with Crippen LogP contribution in [0.25, 0.3) is 0 Å². The van der Waals surface area contributed by atoms with Crippen LogP contribution >= 0.6 is 11.6 Å². The van der Waals surface area contributed by atoms with E-state index in [1.165, 1.54) is 22.5 Å². The average Bonchev–Trinajstić information content (AvgIpc) is 2.62. The molecule has 0 heterocycles. The Morgan fingerprint density at radius 2 is 1.89 bits per heavy atom. The van der Waals surface area contributed by atoms with Crippen molar-refractivity contribution in [2.75, 3.05) is 13.1 Å². The number of carbonyl (C=O) groups excluding carboxylic acids is 1. The molecule has 10 heteroatoms. The molecule has 1 aromatic rings. The van der Waals surface area contributed by atoms with Crippen LogP contribution in [0.4, 0.5) is 13.2 Å². The summed E-state index contributed by atoms with van der Waals surface area (Å²) >= 11 is 6.04. The summed E-state index contributed by atoms with van der Waals surface area (Å²) in [7, 11) is -3.88. The van der Waals surface area contributed by atoms with Gasteiger partial charge in [0.15, 0.2) is 0 Å². The van der Waals surface area contributed by atoms with Gasteiger partial charge < -0.3 is 5.32 Å². The SMILES string of the molecule is CCN(CC)S(=O)(=O)c1cc(C(=O)NC2CCCC(C(F)(F)F)C2)ccc1Cl. The molecule has 1 aliphatic rings. The fourth-order valence-electron chi connectivity index (χ4n) is 3.43. The molecule has 1 fully saturated rings. The van der Waals surface area contributed by atoms with E-state index >= 15 is 0 Å². The molecule has 0 saturated heterocycles. The molecule has 28 heavy (non-hydrogen) atoms. The fourth-order valence-corrected chi connectivity index (χ4v) is 5.39. The second kappa shape index (κ2) is 9.00. The number of halogens is 4. The van der Waals surface area contributed by atoms with E-state index in [0.717, 1.165) is 0 Å². The number of alkyl halides is 3. The molecule has 1 aromatic carbocycles. The van der Waals surface area contributed by atoms with Gasteiger partial charge >= 0.3 is 6.18 Å².